The summed E-state index contributed by atoms with van der Waals surface area (Å²) in [6.07, 6.45) is 3.57. The topological polar surface area (TPSA) is 107 Å². The van der Waals surface area contributed by atoms with Crippen LogP contribution in [0.1, 0.15) is 31.2 Å². The van der Waals surface area contributed by atoms with Crippen LogP contribution in [0.25, 0.3) is 11.3 Å². The number of aliphatic hydroxyl groups is 1. The van der Waals surface area contributed by atoms with Crippen molar-refractivity contribution in [3.8, 4) is 17.1 Å². The van der Waals surface area contributed by atoms with Gasteiger partial charge >= 0.3 is 0 Å². The molecule has 4 heterocycles. The van der Waals surface area contributed by atoms with E-state index in [1.165, 1.54) is 7.11 Å². The summed E-state index contributed by atoms with van der Waals surface area (Å²) < 4.78 is 11.0. The minimum atomic E-state index is -0.212. The number of ether oxygens (including phenoxy) is 2. The molecular weight excluding hydrogens is 406 g/mol. The van der Waals surface area contributed by atoms with Crippen molar-refractivity contribution in [2.45, 2.75) is 45.4 Å². The van der Waals surface area contributed by atoms with E-state index in [0.29, 0.717) is 40.3 Å². The summed E-state index contributed by atoms with van der Waals surface area (Å²) in [6.45, 7) is 6.04. The summed E-state index contributed by atoms with van der Waals surface area (Å²) in [5.41, 5.74) is 9.01. The number of nitrogens with zero attached hydrogens (tertiary/aromatic N) is 4. The lowest BCUT2D eigenvalue weighted by atomic mass is 9.73. The van der Waals surface area contributed by atoms with Crippen LogP contribution in [-0.2, 0) is 11.3 Å². The number of halogens is 1. The number of methoxy groups -OCH3 is 1. The SMILES string of the molecule is COc1nccc(-c2nc(CO)c(N3CCC4(CC3)CO[C@@H](C)[C@H]4N)nc2C)c1Cl. The van der Waals surface area contributed by atoms with Crippen molar-refractivity contribution in [3.63, 3.8) is 0 Å². The van der Waals surface area contributed by atoms with E-state index >= 15 is 0 Å². The fourth-order valence-electron chi connectivity index (χ4n) is 4.54. The van der Waals surface area contributed by atoms with Crippen molar-refractivity contribution in [2.24, 2.45) is 11.1 Å². The molecule has 0 saturated carbocycles. The van der Waals surface area contributed by atoms with E-state index in [-0.39, 0.29) is 24.2 Å². The number of nitrogens with two attached hydrogens (primary N) is 1. The Hall–Kier alpha value is -2.00. The van der Waals surface area contributed by atoms with Gasteiger partial charge in [0.1, 0.15) is 10.7 Å². The normalized spacial score (nSPS) is 23.2. The predicted molar refractivity (Wildman–Crippen MR) is 115 cm³/mol. The molecule has 2 aromatic rings. The van der Waals surface area contributed by atoms with E-state index in [2.05, 4.69) is 9.88 Å². The Labute approximate surface area is 181 Å². The molecule has 0 unspecified atom stereocenters. The van der Waals surface area contributed by atoms with Crippen molar-refractivity contribution in [1.29, 1.82) is 0 Å². The predicted octanol–water partition coefficient (Wildman–Crippen LogP) is 2.33. The van der Waals surface area contributed by atoms with E-state index in [1.54, 1.807) is 12.3 Å². The third-order valence-corrected chi connectivity index (χ3v) is 6.85. The van der Waals surface area contributed by atoms with Gasteiger partial charge in [-0.1, -0.05) is 11.6 Å². The number of hydrogen-bond donors (Lipinski definition) is 2. The number of anilines is 1. The Morgan fingerprint density at radius 1 is 1.37 bits per heavy atom. The average molecular weight is 434 g/mol. The Balaban J connectivity index is 1.63. The number of pyridine rings is 1. The average Bonchev–Trinajstić information content (AvgIpc) is 3.03. The molecule has 0 radical (unpaired) electrons. The summed E-state index contributed by atoms with van der Waals surface area (Å²) in [5.74, 6) is 1.04. The monoisotopic (exact) mass is 433 g/mol. The first kappa shape index (κ1) is 21.2. The molecule has 0 aromatic carbocycles. The minimum absolute atomic E-state index is 0.0266. The maximum Gasteiger partial charge on any atom is 0.232 e. The molecule has 2 aromatic heterocycles. The number of aromatic nitrogens is 3. The van der Waals surface area contributed by atoms with Crippen LogP contribution in [0, 0.1) is 12.3 Å². The molecule has 9 heteroatoms. The number of aryl methyl sites for hydroxylation is 1. The molecule has 0 aliphatic carbocycles. The first-order valence-electron chi connectivity index (χ1n) is 10.2. The van der Waals surface area contributed by atoms with Crippen LogP contribution in [-0.4, -0.2) is 59.0 Å². The van der Waals surface area contributed by atoms with Crippen LogP contribution < -0.4 is 15.4 Å². The van der Waals surface area contributed by atoms with Gasteiger partial charge in [0.25, 0.3) is 0 Å². The van der Waals surface area contributed by atoms with Crippen LogP contribution in [0.5, 0.6) is 5.88 Å². The van der Waals surface area contributed by atoms with Crippen molar-refractivity contribution < 1.29 is 14.6 Å². The van der Waals surface area contributed by atoms with Gasteiger partial charge in [-0.05, 0) is 32.8 Å². The zero-order valence-corrected chi connectivity index (χ0v) is 18.3. The molecule has 4 rings (SSSR count). The maximum atomic E-state index is 10.0. The molecule has 1 spiro atoms. The Kier molecular flexibility index (Phi) is 5.85. The van der Waals surface area contributed by atoms with Gasteiger partial charge in [0.05, 0.1) is 37.8 Å². The number of hydrogen-bond acceptors (Lipinski definition) is 8. The molecule has 2 aliphatic heterocycles. The summed E-state index contributed by atoms with van der Waals surface area (Å²) in [7, 11) is 1.52. The highest BCUT2D eigenvalue weighted by molar-refractivity contribution is 6.34. The van der Waals surface area contributed by atoms with Crippen molar-refractivity contribution >= 4 is 17.4 Å². The number of rotatable bonds is 4. The van der Waals surface area contributed by atoms with Crippen LogP contribution in [0.15, 0.2) is 12.3 Å². The van der Waals surface area contributed by atoms with Gasteiger partial charge in [0.2, 0.25) is 5.88 Å². The van der Waals surface area contributed by atoms with Gasteiger partial charge < -0.3 is 25.2 Å². The zero-order valence-electron chi connectivity index (χ0n) is 17.6. The zero-order chi connectivity index (χ0) is 21.5. The van der Waals surface area contributed by atoms with Gasteiger partial charge in [-0.15, -0.1) is 0 Å². The van der Waals surface area contributed by atoms with Gasteiger partial charge in [-0.25, -0.2) is 15.0 Å². The van der Waals surface area contributed by atoms with Gasteiger partial charge in [0.15, 0.2) is 5.82 Å². The first-order chi connectivity index (χ1) is 14.4. The second-order valence-corrected chi connectivity index (χ2v) is 8.54. The highest BCUT2D eigenvalue weighted by Crippen LogP contribution is 2.42. The van der Waals surface area contributed by atoms with Crippen molar-refractivity contribution in [3.05, 3.63) is 28.7 Å². The Morgan fingerprint density at radius 3 is 2.70 bits per heavy atom. The van der Waals surface area contributed by atoms with Gasteiger partial charge in [-0.3, -0.25) is 0 Å². The Bertz CT molecular complexity index is 933. The molecule has 3 N–H and O–H groups in total. The van der Waals surface area contributed by atoms with Crippen LogP contribution in [0.2, 0.25) is 5.02 Å². The van der Waals surface area contributed by atoms with Gasteiger partial charge in [-0.2, -0.15) is 0 Å². The lowest BCUT2D eigenvalue weighted by molar-refractivity contribution is 0.0973. The summed E-state index contributed by atoms with van der Waals surface area (Å²) in [6, 6.07) is 1.83. The standard InChI is InChI=1S/C21H28ClN5O3/c1-12-17(14-4-7-24-20(29-3)16(14)22)26-15(10-28)19(25-12)27-8-5-21(6-9-27)11-30-13(2)18(21)23/h4,7,13,18,28H,5-6,8-11,23H2,1-3H3/t13-,18+/m0/s1. The largest absolute Gasteiger partial charge is 0.480 e. The van der Waals surface area contributed by atoms with Crippen LogP contribution in [0.3, 0.4) is 0 Å². The minimum Gasteiger partial charge on any atom is -0.480 e. The Morgan fingerprint density at radius 2 is 2.10 bits per heavy atom. The van der Waals surface area contributed by atoms with Crippen molar-refractivity contribution in [2.75, 3.05) is 31.7 Å². The molecule has 162 valence electrons. The second-order valence-electron chi connectivity index (χ2n) is 8.16. The van der Waals surface area contributed by atoms with E-state index in [4.69, 9.17) is 36.8 Å². The molecule has 2 fully saturated rings. The van der Waals surface area contributed by atoms with Gasteiger partial charge in [0, 0.05) is 36.3 Å². The van der Waals surface area contributed by atoms with E-state index in [9.17, 15) is 5.11 Å². The maximum absolute atomic E-state index is 10.0. The number of aliphatic hydroxyl groups excluding tert-OH is 1. The molecule has 8 nitrogen and oxygen atoms in total. The molecule has 2 saturated heterocycles. The quantitative estimate of drug-likeness (QED) is 0.756. The fourth-order valence-corrected chi connectivity index (χ4v) is 4.82. The summed E-state index contributed by atoms with van der Waals surface area (Å²) >= 11 is 6.44. The molecule has 0 amide bonds. The summed E-state index contributed by atoms with van der Waals surface area (Å²) in [4.78, 5) is 15.8. The lowest BCUT2D eigenvalue weighted by Gasteiger charge is -2.42. The molecule has 0 bridgehead atoms. The second kappa shape index (κ2) is 8.26. The number of piperidine rings is 1. The third-order valence-electron chi connectivity index (χ3n) is 6.48. The van der Waals surface area contributed by atoms with Crippen LogP contribution >= 0.6 is 11.6 Å². The molecule has 30 heavy (non-hydrogen) atoms. The van der Waals surface area contributed by atoms with E-state index in [1.807, 2.05) is 13.8 Å². The highest BCUT2D eigenvalue weighted by Gasteiger charge is 2.47. The molecular formula is C21H28ClN5O3. The van der Waals surface area contributed by atoms with E-state index in [0.717, 1.165) is 31.6 Å². The molecule has 2 aliphatic rings. The molecule has 2 atom stereocenters. The van der Waals surface area contributed by atoms with E-state index < -0.39 is 0 Å². The summed E-state index contributed by atoms with van der Waals surface area (Å²) in [5, 5.41) is 10.4. The first-order valence-corrected chi connectivity index (χ1v) is 10.6. The fraction of sp³-hybridized carbons (Fsp3) is 0.571. The van der Waals surface area contributed by atoms with Crippen LogP contribution in [0.4, 0.5) is 5.82 Å². The lowest BCUT2D eigenvalue weighted by Crippen LogP contribution is -2.51. The third kappa shape index (κ3) is 3.51. The smallest absolute Gasteiger partial charge is 0.232 e. The highest BCUT2D eigenvalue weighted by atomic mass is 35.5. The van der Waals surface area contributed by atoms with Crippen molar-refractivity contribution in [1.82, 2.24) is 15.0 Å².